The zero-order valence-electron chi connectivity index (χ0n) is 26.7. The minimum absolute atomic E-state index is 0.277. The number of anilines is 2. The van der Waals surface area contributed by atoms with E-state index >= 15 is 0 Å². The fourth-order valence-electron chi connectivity index (χ4n) is 4.73. The molecule has 1 N–H and O–H groups in total. The molecule has 0 aromatic heterocycles. The summed E-state index contributed by atoms with van der Waals surface area (Å²) < 4.78 is 11.8. The number of amides is 4. The molecule has 4 aromatic carbocycles. The van der Waals surface area contributed by atoms with Gasteiger partial charge in [-0.25, -0.2) is 4.79 Å². The molecule has 47 heavy (non-hydrogen) atoms. The predicted octanol–water partition coefficient (Wildman–Crippen LogP) is 7.76. The molecule has 0 saturated carbocycles. The monoisotopic (exact) mass is 653 g/mol. The van der Waals surface area contributed by atoms with E-state index in [0.717, 1.165) is 33.5 Å². The Balaban J connectivity index is 1.41. The van der Waals surface area contributed by atoms with Crippen LogP contribution >= 0.6 is 11.8 Å². The Morgan fingerprint density at radius 1 is 0.809 bits per heavy atom. The van der Waals surface area contributed by atoms with Crippen molar-refractivity contribution in [3.63, 3.8) is 0 Å². The van der Waals surface area contributed by atoms with Crippen molar-refractivity contribution in [2.75, 3.05) is 17.0 Å². The lowest BCUT2D eigenvalue weighted by molar-refractivity contribution is -0.120. The van der Waals surface area contributed by atoms with Crippen molar-refractivity contribution in [1.82, 2.24) is 5.32 Å². The highest BCUT2D eigenvalue weighted by Gasteiger charge is 2.31. The summed E-state index contributed by atoms with van der Waals surface area (Å²) in [6.45, 7) is 6.64. The number of hydroxylamine groups is 1. The van der Waals surface area contributed by atoms with Gasteiger partial charge >= 0.3 is 6.09 Å². The number of thioether (sulfide) groups is 1. The summed E-state index contributed by atoms with van der Waals surface area (Å²) in [5, 5.41) is 2.51. The first-order chi connectivity index (χ1) is 22.4. The largest absolute Gasteiger partial charge is 0.457 e. The van der Waals surface area contributed by atoms with Crippen LogP contribution in [0.15, 0.2) is 97.1 Å². The lowest BCUT2D eigenvalue weighted by Gasteiger charge is -2.29. The molecule has 4 amide bonds. The Labute approximate surface area is 277 Å². The number of nitrogens with zero attached hydrogens (tertiary/aromatic N) is 2. The molecule has 1 saturated heterocycles. The van der Waals surface area contributed by atoms with E-state index < -0.39 is 22.9 Å². The standard InChI is InChI=1S/C36H35N3O7S/c1-23(40)39(46-28-15-11-24(12-16-28)21-32-33(41)37-34(42)47-32)30-20-19-29(22-31(30)38(5)35(43)45-36(2,3)4)44-27-17-13-26(14-18-27)25-9-7-6-8-10-25/h6-20,22,32H,21H2,1-5H3,(H,37,41,42). The van der Waals surface area contributed by atoms with Crippen LogP contribution in [0.5, 0.6) is 17.2 Å². The molecule has 10 nitrogen and oxygen atoms in total. The molecule has 1 aliphatic rings. The summed E-state index contributed by atoms with van der Waals surface area (Å²) in [6, 6.07) is 29.4. The number of rotatable bonds is 9. The van der Waals surface area contributed by atoms with Crippen molar-refractivity contribution in [2.24, 2.45) is 0 Å². The number of benzene rings is 4. The molecule has 242 valence electrons. The molecular formula is C36H35N3O7S. The molecule has 5 rings (SSSR count). The molecule has 1 heterocycles. The summed E-state index contributed by atoms with van der Waals surface area (Å²) in [7, 11) is 1.54. The zero-order chi connectivity index (χ0) is 33.7. The van der Waals surface area contributed by atoms with Gasteiger partial charge in [-0.1, -0.05) is 66.4 Å². The van der Waals surface area contributed by atoms with Crippen LogP contribution in [0.2, 0.25) is 0 Å². The smallest absolute Gasteiger partial charge is 0.414 e. The van der Waals surface area contributed by atoms with Crippen LogP contribution in [0.1, 0.15) is 33.3 Å². The molecule has 4 aromatic rings. The van der Waals surface area contributed by atoms with E-state index in [-0.39, 0.29) is 16.8 Å². The molecule has 0 bridgehead atoms. The second kappa shape index (κ2) is 14.0. The summed E-state index contributed by atoms with van der Waals surface area (Å²) in [6.07, 6.45) is -0.275. The van der Waals surface area contributed by atoms with Gasteiger partial charge in [-0.15, -0.1) is 5.06 Å². The van der Waals surface area contributed by atoms with Crippen molar-refractivity contribution >= 4 is 46.3 Å². The van der Waals surface area contributed by atoms with Crippen LogP contribution in [0, 0.1) is 0 Å². The number of hydrogen-bond donors (Lipinski definition) is 1. The second-order valence-electron chi connectivity index (χ2n) is 11.8. The second-order valence-corrected chi connectivity index (χ2v) is 13.0. The average Bonchev–Trinajstić information content (AvgIpc) is 3.35. The van der Waals surface area contributed by atoms with E-state index in [1.54, 1.807) is 70.3 Å². The molecule has 1 atom stereocenters. The van der Waals surface area contributed by atoms with E-state index in [4.69, 9.17) is 14.3 Å². The van der Waals surface area contributed by atoms with E-state index in [1.807, 2.05) is 54.6 Å². The fraction of sp³-hybridized carbons (Fsp3) is 0.222. The zero-order valence-corrected chi connectivity index (χ0v) is 27.5. The first-order valence-corrected chi connectivity index (χ1v) is 15.8. The third-order valence-corrected chi connectivity index (χ3v) is 7.97. The van der Waals surface area contributed by atoms with Crippen LogP contribution < -0.4 is 24.9 Å². The normalized spacial score (nSPS) is 14.3. The predicted molar refractivity (Wildman–Crippen MR) is 182 cm³/mol. The molecule has 1 unspecified atom stereocenters. The number of carbonyl (C=O) groups excluding carboxylic acids is 4. The Bertz CT molecular complexity index is 1770. The number of carbonyl (C=O) groups is 4. The Morgan fingerprint density at radius 2 is 1.43 bits per heavy atom. The van der Waals surface area contributed by atoms with Crippen LogP contribution in [-0.4, -0.2) is 41.0 Å². The SMILES string of the molecule is CC(=O)N(Oc1ccc(CC2SC(=O)NC2=O)cc1)c1ccc(Oc2ccc(-c3ccccc3)cc2)cc1N(C)C(=O)OC(C)(C)C. The first kappa shape index (κ1) is 33.1. The number of imide groups is 1. The average molecular weight is 654 g/mol. The van der Waals surface area contributed by atoms with Gasteiger partial charge in [0.2, 0.25) is 5.91 Å². The lowest BCUT2D eigenvalue weighted by Crippen LogP contribution is -2.37. The van der Waals surface area contributed by atoms with Gasteiger partial charge in [0.15, 0.2) is 5.75 Å². The molecule has 1 fully saturated rings. The summed E-state index contributed by atoms with van der Waals surface area (Å²) >= 11 is 0.959. The van der Waals surface area contributed by atoms with E-state index in [2.05, 4.69) is 5.32 Å². The summed E-state index contributed by atoms with van der Waals surface area (Å²) in [4.78, 5) is 57.0. The molecule has 0 radical (unpaired) electrons. The van der Waals surface area contributed by atoms with Gasteiger partial charge in [0.25, 0.3) is 11.1 Å². The first-order valence-electron chi connectivity index (χ1n) is 14.9. The summed E-state index contributed by atoms with van der Waals surface area (Å²) in [5.41, 5.74) is 2.76. The maximum atomic E-state index is 13.2. The Morgan fingerprint density at radius 3 is 2.02 bits per heavy atom. The van der Waals surface area contributed by atoms with Gasteiger partial charge in [0.05, 0.1) is 10.9 Å². The van der Waals surface area contributed by atoms with Gasteiger partial charge in [0, 0.05) is 20.0 Å². The lowest BCUT2D eigenvalue weighted by atomic mass is 10.1. The van der Waals surface area contributed by atoms with Crippen molar-refractivity contribution in [3.05, 3.63) is 103 Å². The number of nitrogens with one attached hydrogen (secondary N) is 1. The Hall–Kier alpha value is -5.29. The topological polar surface area (TPSA) is 114 Å². The highest BCUT2D eigenvalue weighted by molar-refractivity contribution is 8.15. The molecule has 1 aliphatic heterocycles. The fourth-order valence-corrected chi connectivity index (χ4v) is 5.59. The molecule has 11 heteroatoms. The van der Waals surface area contributed by atoms with Gasteiger partial charge in [0.1, 0.15) is 22.8 Å². The summed E-state index contributed by atoms with van der Waals surface area (Å²) in [5.74, 6) is 0.581. The van der Waals surface area contributed by atoms with Crippen molar-refractivity contribution in [2.45, 2.75) is 45.0 Å². The third-order valence-electron chi connectivity index (χ3n) is 6.99. The minimum atomic E-state index is -0.760. The third kappa shape index (κ3) is 8.50. The van der Waals surface area contributed by atoms with Crippen molar-refractivity contribution in [3.8, 4) is 28.4 Å². The van der Waals surface area contributed by atoms with Crippen LogP contribution in [0.3, 0.4) is 0 Å². The van der Waals surface area contributed by atoms with Gasteiger partial charge < -0.3 is 14.3 Å². The van der Waals surface area contributed by atoms with Crippen LogP contribution in [-0.2, 0) is 20.7 Å². The number of ether oxygens (including phenoxy) is 2. The van der Waals surface area contributed by atoms with Gasteiger partial charge in [-0.2, -0.15) is 0 Å². The van der Waals surface area contributed by atoms with E-state index in [1.165, 1.54) is 11.8 Å². The minimum Gasteiger partial charge on any atom is -0.457 e. The molecular weight excluding hydrogens is 618 g/mol. The van der Waals surface area contributed by atoms with Gasteiger partial charge in [-0.05, 0) is 80.3 Å². The van der Waals surface area contributed by atoms with Crippen molar-refractivity contribution < 1.29 is 33.5 Å². The molecule has 0 aliphatic carbocycles. The number of hydrogen-bond acceptors (Lipinski definition) is 8. The maximum absolute atomic E-state index is 13.2. The Kier molecular flexibility index (Phi) is 9.86. The van der Waals surface area contributed by atoms with Crippen molar-refractivity contribution in [1.29, 1.82) is 0 Å². The molecule has 0 spiro atoms. The van der Waals surface area contributed by atoms with Gasteiger partial charge in [-0.3, -0.25) is 24.6 Å². The highest BCUT2D eigenvalue weighted by Crippen LogP contribution is 2.37. The maximum Gasteiger partial charge on any atom is 0.414 e. The van der Waals surface area contributed by atoms with E-state index in [9.17, 15) is 19.2 Å². The highest BCUT2D eigenvalue weighted by atomic mass is 32.2. The van der Waals surface area contributed by atoms with E-state index in [0.29, 0.717) is 29.4 Å². The quantitative estimate of drug-likeness (QED) is 0.182. The van der Waals surface area contributed by atoms with Crippen LogP contribution in [0.4, 0.5) is 21.0 Å². The van der Waals surface area contributed by atoms with Crippen LogP contribution in [0.25, 0.3) is 11.1 Å².